The van der Waals surface area contributed by atoms with E-state index in [2.05, 4.69) is 20.0 Å². The van der Waals surface area contributed by atoms with Crippen molar-refractivity contribution in [3.8, 4) is 5.75 Å². The molecule has 0 amide bonds. The summed E-state index contributed by atoms with van der Waals surface area (Å²) in [5.74, 6) is -0.0479. The van der Waals surface area contributed by atoms with Crippen LogP contribution in [0.2, 0.25) is 0 Å². The summed E-state index contributed by atoms with van der Waals surface area (Å²) in [5.41, 5.74) is 0.948. The summed E-state index contributed by atoms with van der Waals surface area (Å²) >= 11 is 1.15. The minimum absolute atomic E-state index is 0.212. The Morgan fingerprint density at radius 2 is 1.89 bits per heavy atom. The first-order chi connectivity index (χ1) is 13.2. The third-order valence-corrected chi connectivity index (χ3v) is 4.46. The fourth-order valence-corrected chi connectivity index (χ4v) is 3.33. The smallest absolute Gasteiger partial charge is 0.406 e. The van der Waals surface area contributed by atoms with Crippen molar-refractivity contribution in [2.45, 2.75) is 6.36 Å². The van der Waals surface area contributed by atoms with E-state index in [0.717, 1.165) is 11.3 Å². The average molecular weight is 408 g/mol. The number of anilines is 3. The van der Waals surface area contributed by atoms with Gasteiger partial charge in [0, 0.05) is 37.7 Å². The Hall–Kier alpha value is -3.14. The molecule has 3 rings (SSSR count). The molecule has 0 aliphatic heterocycles. The van der Waals surface area contributed by atoms with Gasteiger partial charge in [0.1, 0.15) is 10.6 Å². The predicted molar refractivity (Wildman–Crippen MR) is 101 cm³/mol. The van der Waals surface area contributed by atoms with Gasteiger partial charge in [-0.1, -0.05) is 11.3 Å². The van der Waals surface area contributed by atoms with Crippen LogP contribution in [0.15, 0.2) is 48.8 Å². The highest BCUT2D eigenvalue weighted by Gasteiger charge is 2.31. The van der Waals surface area contributed by atoms with E-state index in [4.69, 9.17) is 0 Å². The van der Waals surface area contributed by atoms with Crippen molar-refractivity contribution in [2.75, 3.05) is 24.3 Å². The van der Waals surface area contributed by atoms with Crippen molar-refractivity contribution in [3.63, 3.8) is 0 Å². The molecule has 146 valence electrons. The topological polar surface area (TPSA) is 67.3 Å². The number of ketones is 1. The summed E-state index contributed by atoms with van der Waals surface area (Å²) in [6.45, 7) is 0. The third-order valence-electron chi connectivity index (χ3n) is 3.50. The third kappa shape index (κ3) is 4.77. The summed E-state index contributed by atoms with van der Waals surface area (Å²) in [5, 5.41) is 3.42. The van der Waals surface area contributed by atoms with Crippen LogP contribution in [0.25, 0.3) is 0 Å². The van der Waals surface area contributed by atoms with Crippen molar-refractivity contribution >= 4 is 33.8 Å². The van der Waals surface area contributed by atoms with Crippen LogP contribution in [-0.4, -0.2) is 36.2 Å². The molecule has 10 heteroatoms. The molecule has 0 saturated heterocycles. The van der Waals surface area contributed by atoms with Gasteiger partial charge in [-0.15, -0.1) is 13.2 Å². The van der Waals surface area contributed by atoms with Gasteiger partial charge in [0.25, 0.3) is 0 Å². The number of carbonyl (C=O) groups is 1. The van der Waals surface area contributed by atoms with Crippen LogP contribution >= 0.6 is 11.3 Å². The zero-order valence-corrected chi connectivity index (χ0v) is 15.6. The van der Waals surface area contributed by atoms with E-state index in [-0.39, 0.29) is 11.5 Å². The van der Waals surface area contributed by atoms with Crippen LogP contribution in [0.5, 0.6) is 5.75 Å². The van der Waals surface area contributed by atoms with E-state index in [1.807, 2.05) is 0 Å². The fourth-order valence-electron chi connectivity index (χ4n) is 2.31. The SMILES string of the molecule is CN(C)c1nc(Nc2ccc(OC(F)(F)F)cc2)sc1C(=O)c1cccnc1. The number of rotatable bonds is 6. The van der Waals surface area contributed by atoms with Crippen molar-refractivity contribution in [3.05, 3.63) is 59.2 Å². The number of benzene rings is 1. The van der Waals surface area contributed by atoms with E-state index in [1.165, 1.54) is 30.5 Å². The van der Waals surface area contributed by atoms with Crippen LogP contribution in [-0.2, 0) is 0 Å². The molecule has 0 spiro atoms. The van der Waals surface area contributed by atoms with Crippen LogP contribution < -0.4 is 15.0 Å². The monoisotopic (exact) mass is 408 g/mol. The molecule has 1 aromatic carbocycles. The number of hydrogen-bond donors (Lipinski definition) is 1. The van der Waals surface area contributed by atoms with E-state index < -0.39 is 6.36 Å². The Labute approximate surface area is 162 Å². The Balaban J connectivity index is 1.82. The fraction of sp³-hybridized carbons (Fsp3) is 0.167. The molecule has 2 aromatic heterocycles. The van der Waals surface area contributed by atoms with E-state index in [0.29, 0.717) is 27.1 Å². The van der Waals surface area contributed by atoms with Gasteiger partial charge in [-0.2, -0.15) is 0 Å². The molecule has 2 heterocycles. The van der Waals surface area contributed by atoms with Crippen LogP contribution in [0.3, 0.4) is 0 Å². The van der Waals surface area contributed by atoms with Crippen molar-refractivity contribution in [1.82, 2.24) is 9.97 Å². The Bertz CT molecular complexity index is 957. The Morgan fingerprint density at radius 1 is 1.18 bits per heavy atom. The number of alkyl halides is 3. The largest absolute Gasteiger partial charge is 0.573 e. The Morgan fingerprint density at radius 3 is 2.46 bits per heavy atom. The zero-order valence-electron chi connectivity index (χ0n) is 14.8. The molecule has 0 saturated carbocycles. The van der Waals surface area contributed by atoms with Gasteiger partial charge in [0.15, 0.2) is 10.9 Å². The number of nitrogens with one attached hydrogen (secondary N) is 1. The van der Waals surface area contributed by atoms with Crippen molar-refractivity contribution < 1.29 is 22.7 Å². The quantitative estimate of drug-likeness (QED) is 0.607. The second-order valence-corrected chi connectivity index (χ2v) is 6.83. The number of thiazole rings is 1. The van der Waals surface area contributed by atoms with Crippen LogP contribution in [0.4, 0.5) is 29.8 Å². The maximum atomic E-state index is 12.8. The molecule has 0 aliphatic carbocycles. The van der Waals surface area contributed by atoms with E-state index >= 15 is 0 Å². The molecule has 0 bridgehead atoms. The van der Waals surface area contributed by atoms with Gasteiger partial charge in [-0.25, -0.2) is 4.98 Å². The Kier molecular flexibility index (Phi) is 5.50. The minimum Gasteiger partial charge on any atom is -0.406 e. The molecular weight excluding hydrogens is 393 g/mol. The first-order valence-electron chi connectivity index (χ1n) is 7.98. The lowest BCUT2D eigenvalue weighted by molar-refractivity contribution is -0.274. The standard InChI is InChI=1S/C18H15F3N4O2S/c1-25(2)16-15(14(26)11-4-3-9-22-10-11)28-17(24-16)23-12-5-7-13(8-6-12)27-18(19,20)21/h3-10H,1-2H3,(H,23,24). The van der Waals surface area contributed by atoms with Gasteiger partial charge < -0.3 is 15.0 Å². The van der Waals surface area contributed by atoms with Crippen LogP contribution in [0, 0.1) is 0 Å². The molecule has 3 aromatic rings. The van der Waals surface area contributed by atoms with Crippen molar-refractivity contribution in [2.24, 2.45) is 0 Å². The lowest BCUT2D eigenvalue weighted by Crippen LogP contribution is -2.16. The van der Waals surface area contributed by atoms with Gasteiger partial charge in [0.05, 0.1) is 0 Å². The van der Waals surface area contributed by atoms with Gasteiger partial charge in [0.2, 0.25) is 5.78 Å². The highest BCUT2D eigenvalue weighted by Crippen LogP contribution is 2.33. The number of hydrogen-bond acceptors (Lipinski definition) is 7. The number of nitrogens with zero attached hydrogens (tertiary/aromatic N) is 3. The molecule has 0 fully saturated rings. The molecule has 1 N–H and O–H groups in total. The first kappa shape index (κ1) is 19.6. The maximum absolute atomic E-state index is 12.8. The summed E-state index contributed by atoms with van der Waals surface area (Å²) in [4.78, 5) is 23.3. The number of aromatic nitrogens is 2. The molecule has 0 radical (unpaired) electrons. The van der Waals surface area contributed by atoms with Gasteiger partial charge in [-0.05, 0) is 36.4 Å². The second-order valence-electron chi connectivity index (χ2n) is 5.83. The lowest BCUT2D eigenvalue weighted by Gasteiger charge is -2.10. The summed E-state index contributed by atoms with van der Waals surface area (Å²) in [6, 6.07) is 8.59. The normalized spacial score (nSPS) is 11.2. The summed E-state index contributed by atoms with van der Waals surface area (Å²) in [6.07, 6.45) is -1.68. The van der Waals surface area contributed by atoms with E-state index in [9.17, 15) is 18.0 Å². The molecule has 0 aliphatic rings. The van der Waals surface area contributed by atoms with Crippen molar-refractivity contribution in [1.29, 1.82) is 0 Å². The average Bonchev–Trinajstić information content (AvgIpc) is 3.06. The molecule has 6 nitrogen and oxygen atoms in total. The summed E-state index contributed by atoms with van der Waals surface area (Å²) < 4.78 is 40.6. The maximum Gasteiger partial charge on any atom is 0.573 e. The number of pyridine rings is 1. The summed E-state index contributed by atoms with van der Waals surface area (Å²) in [7, 11) is 3.53. The highest BCUT2D eigenvalue weighted by atomic mass is 32.1. The van der Waals surface area contributed by atoms with Gasteiger partial charge >= 0.3 is 6.36 Å². The second kappa shape index (κ2) is 7.85. The lowest BCUT2D eigenvalue weighted by atomic mass is 10.1. The molecule has 0 unspecified atom stereocenters. The molecule has 0 atom stereocenters. The van der Waals surface area contributed by atoms with Gasteiger partial charge in [-0.3, -0.25) is 9.78 Å². The number of halogens is 3. The number of ether oxygens (including phenoxy) is 1. The molecule has 28 heavy (non-hydrogen) atoms. The predicted octanol–water partition coefficient (Wildman–Crippen LogP) is 4.48. The van der Waals surface area contributed by atoms with E-state index in [1.54, 1.807) is 37.3 Å². The minimum atomic E-state index is -4.74. The van der Waals surface area contributed by atoms with Crippen LogP contribution in [0.1, 0.15) is 15.2 Å². The highest BCUT2D eigenvalue weighted by molar-refractivity contribution is 7.18. The number of carbonyl (C=O) groups excluding carboxylic acids is 1. The first-order valence-corrected chi connectivity index (χ1v) is 8.80. The zero-order chi connectivity index (χ0) is 20.3. The molecular formula is C18H15F3N4O2S.